The van der Waals surface area contributed by atoms with Crippen molar-refractivity contribution in [2.24, 2.45) is 11.7 Å². The highest BCUT2D eigenvalue weighted by molar-refractivity contribution is 7.86. The summed E-state index contributed by atoms with van der Waals surface area (Å²) in [5.41, 5.74) is 8.37. The molecule has 0 saturated carbocycles. The Labute approximate surface area is 145 Å². The molecule has 1 fully saturated rings. The summed E-state index contributed by atoms with van der Waals surface area (Å²) in [5, 5.41) is 0. The van der Waals surface area contributed by atoms with Crippen LogP contribution < -0.4 is 5.73 Å². The summed E-state index contributed by atoms with van der Waals surface area (Å²) in [7, 11) is -3.38. The van der Waals surface area contributed by atoms with Crippen molar-refractivity contribution in [2.75, 3.05) is 19.6 Å². The second-order valence-corrected chi connectivity index (χ2v) is 8.41. The number of piperidine rings is 1. The average molecular weight is 360 g/mol. The smallest absolute Gasteiger partial charge is 0.282 e. The van der Waals surface area contributed by atoms with Crippen molar-refractivity contribution >= 4 is 22.6 Å². The van der Waals surface area contributed by atoms with Crippen molar-refractivity contribution in [2.45, 2.75) is 38.8 Å². The Bertz CT molecular complexity index is 636. The van der Waals surface area contributed by atoms with Crippen LogP contribution in [0.1, 0.15) is 30.9 Å². The van der Waals surface area contributed by atoms with Gasteiger partial charge in [0.1, 0.15) is 0 Å². The summed E-state index contributed by atoms with van der Waals surface area (Å²) in [6, 6.07) is 8.15. The second kappa shape index (κ2) is 7.49. The highest BCUT2D eigenvalue weighted by Gasteiger charge is 2.35. The van der Waals surface area contributed by atoms with E-state index >= 15 is 0 Å². The molecule has 1 aromatic rings. The van der Waals surface area contributed by atoms with Gasteiger partial charge < -0.3 is 5.73 Å². The number of halogens is 1. The van der Waals surface area contributed by atoms with Gasteiger partial charge in [0, 0.05) is 32.2 Å². The summed E-state index contributed by atoms with van der Waals surface area (Å²) in [5.74, 6) is 0.264. The maximum Gasteiger partial charge on any atom is 0.282 e. The predicted octanol–water partition coefficient (Wildman–Crippen LogP) is 1.77. The van der Waals surface area contributed by atoms with E-state index in [1.807, 2.05) is 25.1 Å². The Balaban J connectivity index is 0.00000192. The van der Waals surface area contributed by atoms with Gasteiger partial charge in [-0.3, -0.25) is 0 Å². The monoisotopic (exact) mass is 359 g/mol. The number of hydrogen-bond donors (Lipinski definition) is 1. The molecule has 130 valence electrons. The van der Waals surface area contributed by atoms with Crippen LogP contribution in [0.5, 0.6) is 0 Å². The van der Waals surface area contributed by atoms with Gasteiger partial charge >= 0.3 is 0 Å². The van der Waals surface area contributed by atoms with Crippen molar-refractivity contribution in [3.63, 3.8) is 0 Å². The lowest BCUT2D eigenvalue weighted by Gasteiger charge is -2.38. The topological polar surface area (TPSA) is 66.6 Å². The SMILES string of the molecule is CC(N)C1CCCN(S(=O)(=O)N2CCc3ccccc3C2)C1.Cl. The minimum absolute atomic E-state index is 0. The van der Waals surface area contributed by atoms with Gasteiger partial charge in [0.15, 0.2) is 0 Å². The Morgan fingerprint density at radius 3 is 2.57 bits per heavy atom. The minimum atomic E-state index is -3.38. The maximum absolute atomic E-state index is 12.9. The van der Waals surface area contributed by atoms with Gasteiger partial charge in [0.25, 0.3) is 10.2 Å². The highest BCUT2D eigenvalue weighted by atomic mass is 35.5. The summed E-state index contributed by atoms with van der Waals surface area (Å²) in [4.78, 5) is 0. The summed E-state index contributed by atoms with van der Waals surface area (Å²) < 4.78 is 29.1. The molecule has 2 heterocycles. The maximum atomic E-state index is 12.9. The molecule has 3 rings (SSSR count). The number of hydrogen-bond acceptors (Lipinski definition) is 3. The van der Waals surface area contributed by atoms with Crippen LogP contribution in [0.3, 0.4) is 0 Å². The molecule has 2 unspecified atom stereocenters. The van der Waals surface area contributed by atoms with E-state index in [0.29, 0.717) is 26.2 Å². The number of nitrogens with two attached hydrogens (primary N) is 1. The Kier molecular flexibility index (Phi) is 6.08. The molecule has 0 spiro atoms. The molecule has 2 aliphatic rings. The van der Waals surface area contributed by atoms with Gasteiger partial charge in [-0.1, -0.05) is 24.3 Å². The van der Waals surface area contributed by atoms with E-state index in [0.717, 1.165) is 24.8 Å². The van der Waals surface area contributed by atoms with E-state index in [1.54, 1.807) is 8.61 Å². The normalized spacial score (nSPS) is 24.5. The van der Waals surface area contributed by atoms with Gasteiger partial charge in [-0.2, -0.15) is 17.0 Å². The zero-order valence-corrected chi connectivity index (χ0v) is 15.2. The Morgan fingerprint density at radius 1 is 1.17 bits per heavy atom. The van der Waals surface area contributed by atoms with Gasteiger partial charge in [0.2, 0.25) is 0 Å². The molecule has 0 bridgehead atoms. The van der Waals surface area contributed by atoms with Crippen molar-refractivity contribution in [1.82, 2.24) is 8.61 Å². The van der Waals surface area contributed by atoms with E-state index < -0.39 is 10.2 Å². The molecular formula is C16H26ClN3O2S. The van der Waals surface area contributed by atoms with Crippen LogP contribution in [0.25, 0.3) is 0 Å². The van der Waals surface area contributed by atoms with E-state index in [2.05, 4.69) is 6.07 Å². The van der Waals surface area contributed by atoms with Crippen molar-refractivity contribution in [1.29, 1.82) is 0 Å². The first-order chi connectivity index (χ1) is 10.5. The van der Waals surface area contributed by atoms with Crippen LogP contribution in [0, 0.1) is 5.92 Å². The summed E-state index contributed by atoms with van der Waals surface area (Å²) >= 11 is 0. The van der Waals surface area contributed by atoms with Crippen LogP contribution in [-0.2, 0) is 23.2 Å². The third-order valence-corrected chi connectivity index (χ3v) is 6.86. The van der Waals surface area contributed by atoms with Gasteiger partial charge in [-0.05, 0) is 43.2 Å². The lowest BCUT2D eigenvalue weighted by atomic mass is 9.93. The van der Waals surface area contributed by atoms with Crippen molar-refractivity contribution in [3.05, 3.63) is 35.4 Å². The first kappa shape index (κ1) is 18.7. The Morgan fingerprint density at radius 2 is 1.87 bits per heavy atom. The quantitative estimate of drug-likeness (QED) is 0.894. The van der Waals surface area contributed by atoms with Gasteiger partial charge in [0.05, 0.1) is 0 Å². The fourth-order valence-corrected chi connectivity index (χ4v) is 5.13. The molecule has 1 aromatic carbocycles. The van der Waals surface area contributed by atoms with Crippen LogP contribution in [-0.4, -0.2) is 42.7 Å². The van der Waals surface area contributed by atoms with Gasteiger partial charge in [-0.25, -0.2) is 0 Å². The van der Waals surface area contributed by atoms with E-state index in [4.69, 9.17) is 5.73 Å². The lowest BCUT2D eigenvalue weighted by Crippen LogP contribution is -2.51. The molecular weight excluding hydrogens is 334 g/mol. The highest BCUT2D eigenvalue weighted by Crippen LogP contribution is 2.26. The molecule has 2 aliphatic heterocycles. The van der Waals surface area contributed by atoms with Crippen LogP contribution in [0.4, 0.5) is 0 Å². The van der Waals surface area contributed by atoms with Crippen molar-refractivity contribution in [3.8, 4) is 0 Å². The number of benzene rings is 1. The molecule has 5 nitrogen and oxygen atoms in total. The molecule has 0 aliphatic carbocycles. The number of nitrogens with zero attached hydrogens (tertiary/aromatic N) is 2. The lowest BCUT2D eigenvalue weighted by molar-refractivity contribution is 0.225. The standard InChI is InChI=1S/C16H25N3O2S.ClH/c1-13(17)15-7-4-9-18(11-15)22(20,21)19-10-8-14-5-2-3-6-16(14)12-19;/h2-3,5-6,13,15H,4,7-12,17H2,1H3;1H. The summed E-state index contributed by atoms with van der Waals surface area (Å²) in [6.45, 7) is 4.19. The fraction of sp³-hybridized carbons (Fsp3) is 0.625. The number of rotatable bonds is 3. The molecule has 2 atom stereocenters. The summed E-state index contributed by atoms with van der Waals surface area (Å²) in [6.07, 6.45) is 2.71. The molecule has 2 N–H and O–H groups in total. The predicted molar refractivity (Wildman–Crippen MR) is 94.7 cm³/mol. The third kappa shape index (κ3) is 3.88. The first-order valence-corrected chi connectivity index (χ1v) is 9.46. The molecule has 0 amide bonds. The second-order valence-electron chi connectivity index (χ2n) is 6.48. The molecule has 1 saturated heterocycles. The van der Waals surface area contributed by atoms with Crippen molar-refractivity contribution < 1.29 is 8.42 Å². The third-order valence-electron chi connectivity index (χ3n) is 4.91. The molecule has 0 aromatic heterocycles. The molecule has 0 radical (unpaired) electrons. The first-order valence-electron chi connectivity index (χ1n) is 8.06. The van der Waals surface area contributed by atoms with Gasteiger partial charge in [-0.15, -0.1) is 12.4 Å². The molecule has 23 heavy (non-hydrogen) atoms. The fourth-order valence-electron chi connectivity index (χ4n) is 3.44. The van der Waals surface area contributed by atoms with Crippen LogP contribution >= 0.6 is 12.4 Å². The van der Waals surface area contributed by atoms with Crippen LogP contribution in [0.15, 0.2) is 24.3 Å². The van der Waals surface area contributed by atoms with E-state index in [1.165, 1.54) is 5.56 Å². The van der Waals surface area contributed by atoms with Crippen LogP contribution in [0.2, 0.25) is 0 Å². The minimum Gasteiger partial charge on any atom is -0.328 e. The van der Waals surface area contributed by atoms with E-state index in [-0.39, 0.29) is 24.4 Å². The number of fused-ring (bicyclic) bond motifs is 1. The largest absolute Gasteiger partial charge is 0.328 e. The molecule has 7 heteroatoms. The van der Waals surface area contributed by atoms with E-state index in [9.17, 15) is 8.42 Å². The Hall–Kier alpha value is -0.660. The average Bonchev–Trinajstić information content (AvgIpc) is 2.54. The zero-order chi connectivity index (χ0) is 15.7. The zero-order valence-electron chi connectivity index (χ0n) is 13.5.